The summed E-state index contributed by atoms with van der Waals surface area (Å²) in [5, 5.41) is 4.74. The molecule has 10 heteroatoms. The number of hydrogen-bond acceptors (Lipinski definition) is 5. The van der Waals surface area contributed by atoms with Gasteiger partial charge in [-0.25, -0.2) is 23.5 Å². The Labute approximate surface area is 147 Å². The number of carbonyl (C=O) groups excluding carboxylic acids is 2. The first kappa shape index (κ1) is 16.7. The molecule has 0 aromatic carbocycles. The molecule has 2 aromatic heterocycles. The average molecular weight is 364 g/mol. The zero-order chi connectivity index (χ0) is 18.7. The molecule has 0 radical (unpaired) electrons. The molecule has 0 spiro atoms. The van der Waals surface area contributed by atoms with Crippen LogP contribution in [0.4, 0.5) is 19.4 Å². The fraction of sp³-hybridized carbons (Fsp3) is 0.500. The molecule has 3 amide bonds. The summed E-state index contributed by atoms with van der Waals surface area (Å²) in [5.41, 5.74) is -0.802. The molecule has 2 aromatic rings. The number of carbonyl (C=O) groups is 2. The highest BCUT2D eigenvalue weighted by atomic mass is 19.3. The number of anilines is 1. The van der Waals surface area contributed by atoms with E-state index in [1.54, 1.807) is 21.6 Å². The van der Waals surface area contributed by atoms with Crippen LogP contribution in [0.3, 0.4) is 0 Å². The Hall–Kier alpha value is -2.78. The summed E-state index contributed by atoms with van der Waals surface area (Å²) in [7, 11) is 0. The maximum absolute atomic E-state index is 14.4. The van der Waals surface area contributed by atoms with Crippen LogP contribution in [0.15, 0.2) is 18.5 Å². The third-order valence-corrected chi connectivity index (χ3v) is 5.04. The second kappa shape index (κ2) is 5.36. The monoisotopic (exact) mass is 364 g/mol. The van der Waals surface area contributed by atoms with E-state index in [1.165, 1.54) is 20.0 Å². The molecule has 0 aliphatic carbocycles. The van der Waals surface area contributed by atoms with E-state index in [4.69, 9.17) is 0 Å². The summed E-state index contributed by atoms with van der Waals surface area (Å²) < 4.78 is 30.3. The molecule has 4 heterocycles. The van der Waals surface area contributed by atoms with Gasteiger partial charge in [-0.3, -0.25) is 14.5 Å². The number of urea groups is 1. The van der Waals surface area contributed by atoms with Crippen LogP contribution in [0.2, 0.25) is 0 Å². The minimum Gasteiger partial charge on any atom is -0.351 e. The first-order valence-corrected chi connectivity index (χ1v) is 8.23. The predicted octanol–water partition coefficient (Wildman–Crippen LogP) is 1.13. The highest BCUT2D eigenvalue weighted by Crippen LogP contribution is 2.44. The predicted molar refractivity (Wildman–Crippen MR) is 88.2 cm³/mol. The zero-order valence-corrected chi connectivity index (χ0v) is 14.3. The normalized spacial score (nSPS) is 24.6. The van der Waals surface area contributed by atoms with E-state index in [-0.39, 0.29) is 13.1 Å². The largest absolute Gasteiger partial charge is 0.351 e. The molecule has 26 heavy (non-hydrogen) atoms. The number of aromatic nitrogens is 3. The van der Waals surface area contributed by atoms with Gasteiger partial charge in [0.25, 0.3) is 5.92 Å². The Kier molecular flexibility index (Phi) is 3.44. The van der Waals surface area contributed by atoms with Crippen molar-refractivity contribution in [2.24, 2.45) is 5.41 Å². The van der Waals surface area contributed by atoms with E-state index in [0.717, 1.165) is 0 Å². The van der Waals surface area contributed by atoms with Crippen molar-refractivity contribution >= 4 is 23.5 Å². The Balaban J connectivity index is 1.77. The van der Waals surface area contributed by atoms with Gasteiger partial charge in [-0.1, -0.05) is 13.8 Å². The van der Waals surface area contributed by atoms with Crippen molar-refractivity contribution in [3.8, 4) is 0 Å². The molecular formula is C16H18F2N6O2. The van der Waals surface area contributed by atoms with Crippen LogP contribution in [-0.4, -0.2) is 51.9 Å². The number of halogens is 2. The fourth-order valence-corrected chi connectivity index (χ4v) is 3.36. The Morgan fingerprint density at radius 2 is 2.04 bits per heavy atom. The van der Waals surface area contributed by atoms with Gasteiger partial charge < -0.3 is 10.2 Å². The number of nitrogens with zero attached hydrogens (tertiary/aromatic N) is 4. The molecule has 4 rings (SSSR count). The summed E-state index contributed by atoms with van der Waals surface area (Å²) in [4.78, 5) is 33.5. The molecule has 138 valence electrons. The van der Waals surface area contributed by atoms with Crippen LogP contribution in [0, 0.1) is 5.41 Å². The van der Waals surface area contributed by atoms with E-state index < -0.39 is 35.7 Å². The van der Waals surface area contributed by atoms with Gasteiger partial charge in [0, 0.05) is 37.0 Å². The summed E-state index contributed by atoms with van der Waals surface area (Å²) in [6.45, 7) is 2.89. The van der Waals surface area contributed by atoms with Crippen LogP contribution in [0.5, 0.6) is 0 Å². The van der Waals surface area contributed by atoms with E-state index in [0.29, 0.717) is 17.3 Å². The third kappa shape index (κ3) is 2.47. The minimum atomic E-state index is -2.85. The lowest BCUT2D eigenvalue weighted by Crippen LogP contribution is -2.51. The number of alkyl halides is 2. The van der Waals surface area contributed by atoms with Gasteiger partial charge in [0.2, 0.25) is 11.7 Å². The molecule has 8 nitrogen and oxygen atoms in total. The van der Waals surface area contributed by atoms with Crippen LogP contribution in [0.1, 0.15) is 25.5 Å². The summed E-state index contributed by atoms with van der Waals surface area (Å²) in [6.07, 6.45) is 3.17. The first-order chi connectivity index (χ1) is 12.2. The lowest BCUT2D eigenvalue weighted by Gasteiger charge is -2.25. The Morgan fingerprint density at radius 3 is 2.69 bits per heavy atom. The lowest BCUT2D eigenvalue weighted by molar-refractivity contribution is -0.122. The topological polar surface area (TPSA) is 91.6 Å². The van der Waals surface area contributed by atoms with Gasteiger partial charge >= 0.3 is 6.03 Å². The second-order valence-electron chi connectivity index (χ2n) is 7.33. The Morgan fingerprint density at radius 1 is 1.27 bits per heavy atom. The van der Waals surface area contributed by atoms with E-state index in [2.05, 4.69) is 20.6 Å². The SMILES string of the molecule is CC1(C)CN(c2cc(C3CNC(=O)NC3=O)nc3nccn23)CC1(F)F. The van der Waals surface area contributed by atoms with Gasteiger partial charge in [0.15, 0.2) is 0 Å². The van der Waals surface area contributed by atoms with Crippen molar-refractivity contribution < 1.29 is 18.4 Å². The maximum atomic E-state index is 14.4. The highest BCUT2D eigenvalue weighted by molar-refractivity contribution is 6.00. The number of hydrogen-bond donors (Lipinski definition) is 2. The lowest BCUT2D eigenvalue weighted by atomic mass is 9.89. The van der Waals surface area contributed by atoms with Crippen LogP contribution >= 0.6 is 0 Å². The number of fused-ring (bicyclic) bond motifs is 1. The van der Waals surface area contributed by atoms with Crippen LogP contribution in [0.25, 0.3) is 5.78 Å². The van der Waals surface area contributed by atoms with Crippen molar-refractivity contribution in [3.63, 3.8) is 0 Å². The number of amides is 3. The molecular weight excluding hydrogens is 346 g/mol. The molecule has 2 saturated heterocycles. The number of rotatable bonds is 2. The second-order valence-corrected chi connectivity index (χ2v) is 7.33. The van der Waals surface area contributed by atoms with E-state index >= 15 is 0 Å². The van der Waals surface area contributed by atoms with Crippen LogP contribution in [-0.2, 0) is 4.79 Å². The number of imide groups is 1. The van der Waals surface area contributed by atoms with E-state index in [1.807, 2.05) is 0 Å². The molecule has 2 aliphatic rings. The quantitative estimate of drug-likeness (QED) is 0.834. The summed E-state index contributed by atoms with van der Waals surface area (Å²) in [5.74, 6) is -3.22. The fourth-order valence-electron chi connectivity index (χ4n) is 3.36. The van der Waals surface area contributed by atoms with Crippen molar-refractivity contribution in [2.75, 3.05) is 24.5 Å². The first-order valence-electron chi connectivity index (χ1n) is 8.23. The Bertz CT molecular complexity index is 893. The smallest absolute Gasteiger partial charge is 0.321 e. The van der Waals surface area contributed by atoms with Crippen molar-refractivity contribution in [1.82, 2.24) is 25.0 Å². The average Bonchev–Trinajstić information content (AvgIpc) is 3.08. The van der Waals surface area contributed by atoms with Gasteiger partial charge in [-0.15, -0.1) is 0 Å². The van der Waals surface area contributed by atoms with Crippen molar-refractivity contribution in [2.45, 2.75) is 25.7 Å². The molecule has 2 aliphatic heterocycles. The molecule has 0 saturated carbocycles. The molecule has 0 bridgehead atoms. The molecule has 1 atom stereocenters. The van der Waals surface area contributed by atoms with Gasteiger partial charge in [0.05, 0.1) is 18.2 Å². The zero-order valence-electron chi connectivity index (χ0n) is 14.3. The summed E-state index contributed by atoms with van der Waals surface area (Å²) in [6, 6.07) is 1.06. The van der Waals surface area contributed by atoms with Gasteiger partial charge in [-0.2, -0.15) is 0 Å². The van der Waals surface area contributed by atoms with Crippen molar-refractivity contribution in [1.29, 1.82) is 0 Å². The highest BCUT2D eigenvalue weighted by Gasteiger charge is 2.54. The number of nitrogens with one attached hydrogen (secondary N) is 2. The maximum Gasteiger partial charge on any atom is 0.321 e. The molecule has 2 fully saturated rings. The van der Waals surface area contributed by atoms with Crippen molar-refractivity contribution in [3.05, 3.63) is 24.2 Å². The van der Waals surface area contributed by atoms with Gasteiger partial charge in [-0.05, 0) is 0 Å². The standard InChI is InChI=1S/C16H18F2N6O2/c1-15(2)7-23(8-16(15,17)18)11-5-10(21-13-19-3-4-24(11)13)9-6-20-14(26)22-12(9)25/h3-5,9H,6-8H2,1-2H3,(H2,20,22,25,26). The number of imidazole rings is 1. The van der Waals surface area contributed by atoms with Gasteiger partial charge in [0.1, 0.15) is 5.82 Å². The minimum absolute atomic E-state index is 0.0929. The molecule has 2 N–H and O–H groups in total. The summed E-state index contributed by atoms with van der Waals surface area (Å²) >= 11 is 0. The van der Waals surface area contributed by atoms with Crippen LogP contribution < -0.4 is 15.5 Å². The van der Waals surface area contributed by atoms with E-state index in [9.17, 15) is 18.4 Å². The third-order valence-electron chi connectivity index (χ3n) is 5.04. The molecule has 1 unspecified atom stereocenters.